The number of ether oxygens (including phenoxy) is 4. The summed E-state index contributed by atoms with van der Waals surface area (Å²) in [6, 6.07) is 22.6. The molecule has 1 heterocycles. The second-order valence-corrected chi connectivity index (χ2v) is 9.19. The fourth-order valence-electron chi connectivity index (χ4n) is 3.83. The standard InChI is InChI=1S/C29H32N2O5/c1-6-33-23-17-18-25-24(19-23)30-27(31(25)28(32)36-29(3,4)5)26(34-7-2)20-13-15-22(16-14-20)35-21-11-9-8-10-12-21/h8-19,26H,6-7H2,1-5H3. The van der Waals surface area contributed by atoms with Crippen molar-refractivity contribution in [3.05, 3.63) is 84.2 Å². The lowest BCUT2D eigenvalue weighted by Crippen LogP contribution is -2.29. The van der Waals surface area contributed by atoms with Crippen molar-refractivity contribution in [2.75, 3.05) is 13.2 Å². The number of para-hydroxylation sites is 1. The third-order valence-corrected chi connectivity index (χ3v) is 5.27. The van der Waals surface area contributed by atoms with Crippen LogP contribution in [0.2, 0.25) is 0 Å². The fourth-order valence-corrected chi connectivity index (χ4v) is 3.83. The van der Waals surface area contributed by atoms with Crippen molar-refractivity contribution in [2.45, 2.75) is 46.3 Å². The Bertz CT molecular complexity index is 1310. The summed E-state index contributed by atoms with van der Waals surface area (Å²) < 4.78 is 24.9. The minimum absolute atomic E-state index is 0.425. The molecule has 36 heavy (non-hydrogen) atoms. The van der Waals surface area contributed by atoms with Crippen molar-refractivity contribution in [1.82, 2.24) is 9.55 Å². The summed E-state index contributed by atoms with van der Waals surface area (Å²) in [5.74, 6) is 2.57. The molecule has 0 spiro atoms. The molecule has 0 radical (unpaired) electrons. The Labute approximate surface area is 211 Å². The Kier molecular flexibility index (Phi) is 7.60. The highest BCUT2D eigenvalue weighted by atomic mass is 16.6. The van der Waals surface area contributed by atoms with E-state index in [2.05, 4.69) is 0 Å². The van der Waals surface area contributed by atoms with Gasteiger partial charge in [-0.2, -0.15) is 0 Å². The highest BCUT2D eigenvalue weighted by Gasteiger charge is 2.29. The molecule has 0 fully saturated rings. The van der Waals surface area contributed by atoms with Crippen molar-refractivity contribution in [2.24, 2.45) is 0 Å². The lowest BCUT2D eigenvalue weighted by Gasteiger charge is -2.23. The molecule has 7 heteroatoms. The SMILES string of the molecule is CCOc1ccc2c(c1)nc(C(OCC)c1ccc(Oc3ccccc3)cc1)n2C(=O)OC(C)(C)C. The second kappa shape index (κ2) is 10.8. The van der Waals surface area contributed by atoms with Gasteiger partial charge >= 0.3 is 6.09 Å². The molecule has 0 aliphatic heterocycles. The van der Waals surface area contributed by atoms with E-state index in [1.807, 2.05) is 107 Å². The Hall–Kier alpha value is -3.84. The minimum Gasteiger partial charge on any atom is -0.494 e. The first-order valence-corrected chi connectivity index (χ1v) is 12.1. The largest absolute Gasteiger partial charge is 0.494 e. The van der Waals surface area contributed by atoms with E-state index < -0.39 is 17.8 Å². The number of imidazole rings is 1. The van der Waals surface area contributed by atoms with Crippen LogP contribution >= 0.6 is 0 Å². The number of rotatable bonds is 8. The Balaban J connectivity index is 1.76. The molecule has 0 bridgehead atoms. The fraction of sp³-hybridized carbons (Fsp3) is 0.310. The minimum atomic E-state index is -0.673. The van der Waals surface area contributed by atoms with Crippen LogP contribution in [0.15, 0.2) is 72.8 Å². The summed E-state index contributed by atoms with van der Waals surface area (Å²) in [6.45, 7) is 10.3. The van der Waals surface area contributed by atoms with Gasteiger partial charge < -0.3 is 18.9 Å². The zero-order valence-electron chi connectivity index (χ0n) is 21.4. The predicted molar refractivity (Wildman–Crippen MR) is 139 cm³/mol. The molecule has 0 aliphatic carbocycles. The molecule has 1 aromatic heterocycles. The van der Waals surface area contributed by atoms with Gasteiger partial charge in [0.05, 0.1) is 17.6 Å². The molecule has 1 atom stereocenters. The van der Waals surface area contributed by atoms with Gasteiger partial charge in [-0.05, 0) is 76.6 Å². The van der Waals surface area contributed by atoms with Crippen LogP contribution in [0.4, 0.5) is 4.79 Å². The zero-order valence-corrected chi connectivity index (χ0v) is 21.4. The molecule has 0 saturated carbocycles. The van der Waals surface area contributed by atoms with Gasteiger partial charge in [-0.3, -0.25) is 0 Å². The number of aromatic nitrogens is 2. The van der Waals surface area contributed by atoms with Gasteiger partial charge in [0, 0.05) is 12.7 Å². The number of carbonyl (C=O) groups excluding carboxylic acids is 1. The van der Waals surface area contributed by atoms with E-state index in [4.69, 9.17) is 23.9 Å². The van der Waals surface area contributed by atoms with Crippen molar-refractivity contribution in [3.63, 3.8) is 0 Å². The summed E-state index contributed by atoms with van der Waals surface area (Å²) in [6.07, 6.45) is -1.12. The van der Waals surface area contributed by atoms with Crippen LogP contribution in [-0.4, -0.2) is 34.5 Å². The van der Waals surface area contributed by atoms with Crippen molar-refractivity contribution < 1.29 is 23.7 Å². The highest BCUT2D eigenvalue weighted by molar-refractivity contribution is 5.88. The van der Waals surface area contributed by atoms with E-state index in [1.54, 1.807) is 0 Å². The first-order valence-electron chi connectivity index (χ1n) is 12.1. The van der Waals surface area contributed by atoms with E-state index in [0.717, 1.165) is 11.3 Å². The predicted octanol–water partition coefficient (Wildman–Crippen LogP) is 7.14. The Morgan fingerprint density at radius 3 is 2.19 bits per heavy atom. The van der Waals surface area contributed by atoms with E-state index in [1.165, 1.54) is 4.57 Å². The van der Waals surface area contributed by atoms with Crippen LogP contribution < -0.4 is 9.47 Å². The lowest BCUT2D eigenvalue weighted by atomic mass is 10.1. The molecule has 1 unspecified atom stereocenters. The lowest BCUT2D eigenvalue weighted by molar-refractivity contribution is 0.0486. The maximum atomic E-state index is 13.4. The summed E-state index contributed by atoms with van der Waals surface area (Å²) in [5, 5.41) is 0. The van der Waals surface area contributed by atoms with Crippen LogP contribution in [0.5, 0.6) is 17.2 Å². The molecule has 0 saturated heterocycles. The number of hydrogen-bond donors (Lipinski definition) is 0. The normalized spacial score (nSPS) is 12.4. The topological polar surface area (TPSA) is 71.8 Å². The molecule has 4 rings (SSSR count). The third kappa shape index (κ3) is 5.86. The van der Waals surface area contributed by atoms with Crippen LogP contribution in [-0.2, 0) is 9.47 Å². The summed E-state index contributed by atoms with van der Waals surface area (Å²) in [7, 11) is 0. The molecule has 0 amide bonds. The Morgan fingerprint density at radius 2 is 1.56 bits per heavy atom. The maximum absolute atomic E-state index is 13.4. The zero-order chi connectivity index (χ0) is 25.7. The monoisotopic (exact) mass is 488 g/mol. The highest BCUT2D eigenvalue weighted by Crippen LogP contribution is 2.32. The molecule has 188 valence electrons. The molecule has 0 N–H and O–H groups in total. The first-order chi connectivity index (χ1) is 17.3. The van der Waals surface area contributed by atoms with Gasteiger partial charge in [0.2, 0.25) is 0 Å². The van der Waals surface area contributed by atoms with Gasteiger partial charge in [0.1, 0.15) is 29.0 Å². The smallest absolute Gasteiger partial charge is 0.420 e. The first kappa shape index (κ1) is 25.3. The van der Waals surface area contributed by atoms with Crippen LogP contribution in [0.3, 0.4) is 0 Å². The van der Waals surface area contributed by atoms with Gasteiger partial charge in [0.25, 0.3) is 0 Å². The van der Waals surface area contributed by atoms with Crippen molar-refractivity contribution in [1.29, 1.82) is 0 Å². The molecule has 3 aromatic carbocycles. The average molecular weight is 489 g/mol. The van der Waals surface area contributed by atoms with Crippen molar-refractivity contribution >= 4 is 17.1 Å². The Morgan fingerprint density at radius 1 is 0.889 bits per heavy atom. The number of nitrogens with zero attached hydrogens (tertiary/aromatic N) is 2. The van der Waals surface area contributed by atoms with Gasteiger partial charge in [-0.15, -0.1) is 0 Å². The number of hydrogen-bond acceptors (Lipinski definition) is 6. The number of fused-ring (bicyclic) bond motifs is 1. The quantitative estimate of drug-likeness (QED) is 0.263. The number of benzene rings is 3. The van der Waals surface area contributed by atoms with E-state index >= 15 is 0 Å². The number of carbonyl (C=O) groups is 1. The van der Waals surface area contributed by atoms with Crippen LogP contribution in [0.1, 0.15) is 52.1 Å². The van der Waals surface area contributed by atoms with E-state index in [0.29, 0.717) is 41.6 Å². The van der Waals surface area contributed by atoms with Gasteiger partial charge in [0.15, 0.2) is 5.82 Å². The summed E-state index contributed by atoms with van der Waals surface area (Å²) in [5.41, 5.74) is 1.41. The van der Waals surface area contributed by atoms with Crippen LogP contribution in [0, 0.1) is 0 Å². The van der Waals surface area contributed by atoms with E-state index in [9.17, 15) is 4.79 Å². The molecule has 4 aromatic rings. The molecule has 7 nitrogen and oxygen atoms in total. The molecule has 0 aliphatic rings. The van der Waals surface area contributed by atoms with Gasteiger partial charge in [-0.25, -0.2) is 14.3 Å². The second-order valence-electron chi connectivity index (χ2n) is 9.19. The van der Waals surface area contributed by atoms with Crippen molar-refractivity contribution in [3.8, 4) is 17.2 Å². The summed E-state index contributed by atoms with van der Waals surface area (Å²) >= 11 is 0. The van der Waals surface area contributed by atoms with Gasteiger partial charge in [-0.1, -0.05) is 30.3 Å². The summed E-state index contributed by atoms with van der Waals surface area (Å²) in [4.78, 5) is 18.2. The molecular weight excluding hydrogens is 456 g/mol. The molecular formula is C29H32N2O5. The van der Waals surface area contributed by atoms with E-state index in [-0.39, 0.29) is 0 Å². The maximum Gasteiger partial charge on any atom is 0.420 e. The van der Waals surface area contributed by atoms with Crippen LogP contribution in [0.25, 0.3) is 11.0 Å². The average Bonchev–Trinajstić information content (AvgIpc) is 3.21. The third-order valence-electron chi connectivity index (χ3n) is 5.27.